The average Bonchev–Trinajstić information content (AvgIpc) is 3.78. The molecule has 6 heterocycles. The summed E-state index contributed by atoms with van der Waals surface area (Å²) >= 11 is 0. The lowest BCUT2D eigenvalue weighted by atomic mass is 9.46. The van der Waals surface area contributed by atoms with Gasteiger partial charge in [-0.05, 0) is 94.3 Å². The van der Waals surface area contributed by atoms with E-state index in [1.54, 1.807) is 13.8 Å². The molecule has 0 aromatic carbocycles. The number of ether oxygens (including phenoxy) is 10. The number of hydrogen-bond acceptors (Lipinski definition) is 20. The Balaban J connectivity index is 0.987. The molecule has 10 N–H and O–H groups in total. The summed E-state index contributed by atoms with van der Waals surface area (Å²) in [5, 5.41) is 109. The molecule has 6 saturated heterocycles. The molecule has 9 fully saturated rings. The van der Waals surface area contributed by atoms with Crippen molar-refractivity contribution in [1.82, 2.24) is 0 Å². The van der Waals surface area contributed by atoms with Crippen LogP contribution in [0.4, 0.5) is 0 Å². The Kier molecular flexibility index (Phi) is 14.6. The van der Waals surface area contributed by atoms with E-state index in [4.69, 9.17) is 47.4 Å². The van der Waals surface area contributed by atoms with Crippen molar-refractivity contribution in [3.05, 3.63) is 11.6 Å². The fraction of sp³-hybridized carbons (Fsp3) is 0.960. The number of aliphatic hydroxyl groups is 10. The van der Waals surface area contributed by atoms with Crippen LogP contribution >= 0.6 is 0 Å². The molecule has 0 unspecified atom stereocenters. The largest absolute Gasteiger partial charge is 0.388 e. The second-order valence-corrected chi connectivity index (χ2v) is 23.5. The van der Waals surface area contributed by atoms with Gasteiger partial charge in [0.25, 0.3) is 0 Å². The lowest BCUT2D eigenvalue weighted by Crippen LogP contribution is -2.66. The van der Waals surface area contributed by atoms with Gasteiger partial charge in [0.15, 0.2) is 30.9 Å². The van der Waals surface area contributed by atoms with E-state index in [0.717, 1.165) is 44.1 Å². The Morgan fingerprint density at radius 1 is 0.586 bits per heavy atom. The van der Waals surface area contributed by atoms with Gasteiger partial charge in [0.05, 0.1) is 49.8 Å². The van der Waals surface area contributed by atoms with Crippen LogP contribution < -0.4 is 0 Å². The molecule has 10 rings (SSSR count). The first-order valence-corrected chi connectivity index (χ1v) is 26.1. The van der Waals surface area contributed by atoms with E-state index in [2.05, 4.69) is 33.8 Å². The average molecular weight is 1000 g/mol. The molecular weight excluding hydrogens is 921 g/mol. The standard InChI is InChI=1S/C50H80O20/c1-19-10-13-50(62-17-19)20(2)32-30(70-50)16-28-26-9-8-24-14-25(66-45-40(59)37(56)33(52)21(3)63-45)15-31(49(24,7)27(26)11-12-48(28,32)6)67-47-43(69-46-41(60)38(57)34(53)22(4)64-46)42(35(54)23(5)65-47)68-44-39(58)36(55)29(51)18-61-44/h8,19-23,25-47,51-60H,9-18H2,1-7H3/t19-,20-,21-,22-,23+,25+,26+,27-,28-,29+,30-,31+,32-,33-,34-,35-,36-,37+,38+,39+,40+,41+,42-,43+,44-,45-,46-,47-,48-,49-,50+/m0/s1. The molecule has 6 aliphatic heterocycles. The monoisotopic (exact) mass is 1000 g/mol. The van der Waals surface area contributed by atoms with E-state index >= 15 is 0 Å². The Hall–Kier alpha value is -1.06. The number of allylic oxidation sites excluding steroid dienone is 1. The fourth-order valence-electron chi connectivity index (χ4n) is 15.2. The van der Waals surface area contributed by atoms with Crippen LogP contribution in [0.25, 0.3) is 0 Å². The van der Waals surface area contributed by atoms with Crippen molar-refractivity contribution < 1.29 is 98.4 Å². The third kappa shape index (κ3) is 8.60. The zero-order chi connectivity index (χ0) is 50.1. The maximum Gasteiger partial charge on any atom is 0.187 e. The lowest BCUT2D eigenvalue weighted by Gasteiger charge is -2.61. The van der Waals surface area contributed by atoms with Gasteiger partial charge in [0.1, 0.15) is 73.2 Å². The smallest absolute Gasteiger partial charge is 0.187 e. The van der Waals surface area contributed by atoms with Crippen LogP contribution in [-0.2, 0) is 47.4 Å². The van der Waals surface area contributed by atoms with Gasteiger partial charge in [-0.3, -0.25) is 0 Å². The summed E-state index contributed by atoms with van der Waals surface area (Å²) in [6.07, 6.45) is -20.2. The quantitative estimate of drug-likeness (QED) is 0.140. The van der Waals surface area contributed by atoms with Gasteiger partial charge < -0.3 is 98.4 Å². The van der Waals surface area contributed by atoms with Crippen molar-refractivity contribution in [2.24, 2.45) is 46.3 Å². The summed E-state index contributed by atoms with van der Waals surface area (Å²) in [7, 11) is 0. The van der Waals surface area contributed by atoms with Crippen molar-refractivity contribution >= 4 is 0 Å². The topological polar surface area (TPSA) is 295 Å². The minimum Gasteiger partial charge on any atom is -0.388 e. The first-order chi connectivity index (χ1) is 33.1. The van der Waals surface area contributed by atoms with Crippen molar-refractivity contribution in [3.8, 4) is 0 Å². The number of rotatable bonds is 8. The summed E-state index contributed by atoms with van der Waals surface area (Å²) in [4.78, 5) is 0. The van der Waals surface area contributed by atoms with E-state index < -0.39 is 147 Å². The molecule has 3 saturated carbocycles. The first kappa shape index (κ1) is 52.4. The predicted molar refractivity (Wildman–Crippen MR) is 239 cm³/mol. The molecule has 0 aromatic rings. The predicted octanol–water partition coefficient (Wildman–Crippen LogP) is -0.297. The zero-order valence-electron chi connectivity index (χ0n) is 41.4. The summed E-state index contributed by atoms with van der Waals surface area (Å²) in [5.41, 5.74) is 0.389. The van der Waals surface area contributed by atoms with Crippen LogP contribution in [0.3, 0.4) is 0 Å². The second-order valence-electron chi connectivity index (χ2n) is 23.5. The highest BCUT2D eigenvalue weighted by Crippen LogP contribution is 2.71. The third-order valence-corrected chi connectivity index (χ3v) is 19.4. The number of fused-ring (bicyclic) bond motifs is 7. The molecule has 0 aromatic heterocycles. The van der Waals surface area contributed by atoms with Gasteiger partial charge in [0, 0.05) is 24.2 Å². The molecule has 10 aliphatic rings. The molecular formula is C50H80O20. The SMILES string of the molecule is C[C@H]1CC[C@@]2(OC1)O[C@H]1C[C@H]3[C@@H]4CC=C5C[C@@H](O[C@@H]6O[C@@H](C)[C@H](O)[C@@H](O)[C@H]6O)C[C@@H](O[C@@H]6O[C@H](C)[C@H](O)[C@H](O[C@@H]7OC[C@@H](O)[C@H](O)[C@H]7O)[C@H]6O[C@@H]6O[C@@H](C)[C@H](O)[C@@H](O)[C@H]6O)[C@]5(C)[C@H]4CC[C@]3(C)[C@H]1[C@@H]2C. The molecule has 0 amide bonds. The summed E-state index contributed by atoms with van der Waals surface area (Å²) in [6, 6.07) is 0. The van der Waals surface area contributed by atoms with Crippen molar-refractivity contribution in [3.63, 3.8) is 0 Å². The Morgan fingerprint density at radius 2 is 1.20 bits per heavy atom. The van der Waals surface area contributed by atoms with E-state index in [1.807, 2.05) is 0 Å². The van der Waals surface area contributed by atoms with Gasteiger partial charge in [-0.2, -0.15) is 0 Å². The van der Waals surface area contributed by atoms with E-state index in [-0.39, 0.29) is 35.7 Å². The van der Waals surface area contributed by atoms with E-state index in [0.29, 0.717) is 30.8 Å². The molecule has 70 heavy (non-hydrogen) atoms. The Labute approximate surface area is 409 Å². The van der Waals surface area contributed by atoms with Gasteiger partial charge in [-0.15, -0.1) is 0 Å². The summed E-state index contributed by atoms with van der Waals surface area (Å²) < 4.78 is 64.3. The van der Waals surface area contributed by atoms with Crippen LogP contribution in [0.15, 0.2) is 11.6 Å². The zero-order valence-corrected chi connectivity index (χ0v) is 41.4. The highest BCUT2D eigenvalue weighted by Gasteiger charge is 2.70. The number of aliphatic hydroxyl groups excluding tert-OH is 10. The van der Waals surface area contributed by atoms with Gasteiger partial charge in [-0.25, -0.2) is 0 Å². The summed E-state index contributed by atoms with van der Waals surface area (Å²) in [5.74, 6) is 1.16. The third-order valence-electron chi connectivity index (χ3n) is 19.4. The van der Waals surface area contributed by atoms with Crippen molar-refractivity contribution in [2.45, 2.75) is 241 Å². The second kappa shape index (κ2) is 19.5. The Bertz CT molecular complexity index is 1870. The number of hydrogen-bond donors (Lipinski definition) is 10. The molecule has 20 nitrogen and oxygen atoms in total. The minimum atomic E-state index is -1.79. The maximum absolute atomic E-state index is 11.9. The molecule has 0 bridgehead atoms. The minimum absolute atomic E-state index is 0.0108. The Morgan fingerprint density at radius 3 is 1.86 bits per heavy atom. The van der Waals surface area contributed by atoms with E-state index in [1.165, 1.54) is 6.92 Å². The molecule has 20 heteroatoms. The van der Waals surface area contributed by atoms with Crippen molar-refractivity contribution in [1.29, 1.82) is 0 Å². The first-order valence-electron chi connectivity index (χ1n) is 26.1. The van der Waals surface area contributed by atoms with Crippen LogP contribution in [0, 0.1) is 46.3 Å². The summed E-state index contributed by atoms with van der Waals surface area (Å²) in [6.45, 7) is 14.2. The van der Waals surface area contributed by atoms with Crippen molar-refractivity contribution in [2.75, 3.05) is 13.2 Å². The fourth-order valence-corrected chi connectivity index (χ4v) is 15.2. The van der Waals surface area contributed by atoms with Gasteiger partial charge >= 0.3 is 0 Å². The molecule has 1 spiro atoms. The lowest BCUT2D eigenvalue weighted by molar-refractivity contribution is -0.391. The van der Waals surface area contributed by atoms with Crippen LogP contribution in [0.5, 0.6) is 0 Å². The highest BCUT2D eigenvalue weighted by molar-refractivity contribution is 5.29. The van der Waals surface area contributed by atoms with Gasteiger partial charge in [0.2, 0.25) is 0 Å². The highest BCUT2D eigenvalue weighted by atomic mass is 16.8. The van der Waals surface area contributed by atoms with Gasteiger partial charge in [-0.1, -0.05) is 39.3 Å². The van der Waals surface area contributed by atoms with Crippen LogP contribution in [-0.4, -0.2) is 205 Å². The van der Waals surface area contributed by atoms with E-state index in [9.17, 15) is 51.1 Å². The molecule has 31 atom stereocenters. The molecule has 0 radical (unpaired) electrons. The van der Waals surface area contributed by atoms with Crippen LogP contribution in [0.2, 0.25) is 0 Å². The molecule has 400 valence electrons. The maximum atomic E-state index is 11.9. The molecule has 4 aliphatic carbocycles. The normalized spacial score (nSPS) is 59.1. The van der Waals surface area contributed by atoms with Crippen LogP contribution in [0.1, 0.15) is 99.8 Å².